The van der Waals surface area contributed by atoms with E-state index in [2.05, 4.69) is 5.32 Å². The summed E-state index contributed by atoms with van der Waals surface area (Å²) < 4.78 is 12.6. The van der Waals surface area contributed by atoms with Crippen LogP contribution in [0.4, 0.5) is 11.4 Å². The van der Waals surface area contributed by atoms with Gasteiger partial charge in [0.2, 0.25) is 0 Å². The highest BCUT2D eigenvalue weighted by molar-refractivity contribution is 7.71. The highest BCUT2D eigenvalue weighted by atomic mass is 31.2. The van der Waals surface area contributed by atoms with E-state index in [0.29, 0.717) is 18.0 Å². The van der Waals surface area contributed by atoms with Crippen molar-refractivity contribution >= 4 is 23.8 Å². The highest BCUT2D eigenvalue weighted by Gasteiger charge is 2.23. The summed E-state index contributed by atoms with van der Waals surface area (Å²) in [7, 11) is -0.419. The second-order valence-electron chi connectivity index (χ2n) is 3.55. The number of nitrogens with two attached hydrogens (primary N) is 1. The van der Waals surface area contributed by atoms with Gasteiger partial charge in [-0.25, -0.2) is 0 Å². The largest absolute Gasteiger partial charge is 0.399 e. The number of rotatable bonds is 4. The molecule has 0 aliphatic carbocycles. The number of hydrogen-bond donors (Lipinski definition) is 2. The fourth-order valence-corrected chi connectivity index (χ4v) is 3.80. The second kappa shape index (κ2) is 7.39. The summed E-state index contributed by atoms with van der Waals surface area (Å²) in [4.78, 5) is 0. The Morgan fingerprint density at radius 2 is 1.76 bits per heavy atom. The van der Waals surface area contributed by atoms with Gasteiger partial charge < -0.3 is 15.6 Å². The quantitative estimate of drug-likeness (QED) is 0.641. The molecule has 0 bridgehead atoms. The van der Waals surface area contributed by atoms with Gasteiger partial charge in [-0.1, -0.05) is 27.7 Å². The van der Waals surface area contributed by atoms with Crippen LogP contribution in [0, 0.1) is 0 Å². The molecule has 0 aliphatic rings. The molecule has 0 atom stereocenters. The topological polar surface area (TPSA) is 55.1 Å². The zero-order chi connectivity index (χ0) is 13.5. The predicted octanol–water partition coefficient (Wildman–Crippen LogP) is 3.36. The standard InChI is InChI=1S/C11H19N2OP.C2H6/c1-4-15(14,5-2)11-8-9(12)6-7-10(11)13-3;1-2/h6-8,13H,4-5,12H2,1-3H3;1-2H3. The Morgan fingerprint density at radius 3 is 2.18 bits per heavy atom. The van der Waals surface area contributed by atoms with E-state index in [4.69, 9.17) is 5.73 Å². The van der Waals surface area contributed by atoms with E-state index in [1.54, 1.807) is 0 Å². The van der Waals surface area contributed by atoms with Crippen molar-refractivity contribution in [2.75, 3.05) is 30.4 Å². The number of nitrogen functional groups attached to an aromatic ring is 1. The molecule has 0 amide bonds. The lowest BCUT2D eigenvalue weighted by Gasteiger charge is -2.18. The maximum atomic E-state index is 12.6. The van der Waals surface area contributed by atoms with E-state index >= 15 is 0 Å². The molecule has 17 heavy (non-hydrogen) atoms. The first-order valence-corrected chi connectivity index (χ1v) is 8.31. The van der Waals surface area contributed by atoms with Crippen LogP contribution in [0.2, 0.25) is 0 Å². The van der Waals surface area contributed by atoms with Crippen LogP contribution in [0.15, 0.2) is 18.2 Å². The molecule has 0 unspecified atom stereocenters. The summed E-state index contributed by atoms with van der Waals surface area (Å²) >= 11 is 0. The lowest BCUT2D eigenvalue weighted by molar-refractivity contribution is 0.582. The summed E-state index contributed by atoms with van der Waals surface area (Å²) in [5.74, 6) is 0. The van der Waals surface area contributed by atoms with Gasteiger partial charge in [-0.05, 0) is 18.2 Å². The molecule has 0 saturated carbocycles. The van der Waals surface area contributed by atoms with Crippen LogP contribution < -0.4 is 16.4 Å². The van der Waals surface area contributed by atoms with Crippen molar-refractivity contribution in [3.63, 3.8) is 0 Å². The van der Waals surface area contributed by atoms with Crippen molar-refractivity contribution in [3.8, 4) is 0 Å². The van der Waals surface area contributed by atoms with Gasteiger partial charge in [0.15, 0.2) is 0 Å². The molecule has 0 saturated heterocycles. The van der Waals surface area contributed by atoms with Crippen molar-refractivity contribution in [2.24, 2.45) is 0 Å². The van der Waals surface area contributed by atoms with E-state index < -0.39 is 7.14 Å². The Morgan fingerprint density at radius 1 is 1.24 bits per heavy atom. The molecule has 0 aliphatic heterocycles. The fourth-order valence-electron chi connectivity index (χ4n) is 1.66. The van der Waals surface area contributed by atoms with Crippen molar-refractivity contribution in [1.82, 2.24) is 0 Å². The van der Waals surface area contributed by atoms with Crippen molar-refractivity contribution in [3.05, 3.63) is 18.2 Å². The lowest BCUT2D eigenvalue weighted by atomic mass is 10.3. The molecule has 3 N–H and O–H groups in total. The maximum Gasteiger partial charge on any atom is 0.117 e. The van der Waals surface area contributed by atoms with Crippen LogP contribution in [0.1, 0.15) is 27.7 Å². The maximum absolute atomic E-state index is 12.6. The third kappa shape index (κ3) is 3.78. The van der Waals surface area contributed by atoms with E-state index in [1.807, 2.05) is 52.9 Å². The van der Waals surface area contributed by atoms with Crippen LogP contribution in [0.5, 0.6) is 0 Å². The Hall–Kier alpha value is -0.950. The van der Waals surface area contributed by atoms with E-state index in [9.17, 15) is 4.57 Å². The zero-order valence-electron chi connectivity index (χ0n) is 11.6. The van der Waals surface area contributed by atoms with E-state index in [0.717, 1.165) is 11.0 Å². The Labute approximate surface area is 105 Å². The van der Waals surface area contributed by atoms with Crippen molar-refractivity contribution in [1.29, 1.82) is 0 Å². The van der Waals surface area contributed by atoms with Crippen LogP contribution in [0.3, 0.4) is 0 Å². The first-order chi connectivity index (χ1) is 8.07. The van der Waals surface area contributed by atoms with E-state index in [1.165, 1.54) is 0 Å². The number of hydrogen-bond acceptors (Lipinski definition) is 3. The molecule has 0 aromatic heterocycles. The second-order valence-corrected chi connectivity index (χ2v) is 7.07. The number of nitrogens with one attached hydrogen (secondary N) is 1. The average Bonchev–Trinajstić information content (AvgIpc) is 2.40. The summed E-state index contributed by atoms with van der Waals surface area (Å²) in [6.45, 7) is 7.93. The predicted molar refractivity (Wildman–Crippen MR) is 80.1 cm³/mol. The minimum Gasteiger partial charge on any atom is -0.399 e. The van der Waals surface area contributed by atoms with Gasteiger partial charge in [0.25, 0.3) is 0 Å². The molecule has 3 nitrogen and oxygen atoms in total. The van der Waals surface area contributed by atoms with Crippen LogP contribution in [-0.4, -0.2) is 19.4 Å². The highest BCUT2D eigenvalue weighted by Crippen LogP contribution is 2.45. The monoisotopic (exact) mass is 256 g/mol. The van der Waals surface area contributed by atoms with Gasteiger partial charge in [-0.3, -0.25) is 0 Å². The molecular weight excluding hydrogens is 231 g/mol. The summed E-state index contributed by atoms with van der Waals surface area (Å²) in [5.41, 5.74) is 7.34. The van der Waals surface area contributed by atoms with Gasteiger partial charge in [-0.2, -0.15) is 0 Å². The first kappa shape index (κ1) is 16.1. The molecule has 1 aromatic rings. The molecule has 98 valence electrons. The molecule has 0 spiro atoms. The van der Waals surface area contributed by atoms with Gasteiger partial charge in [0, 0.05) is 36.1 Å². The van der Waals surface area contributed by atoms with E-state index in [-0.39, 0.29) is 0 Å². The molecule has 0 fully saturated rings. The zero-order valence-corrected chi connectivity index (χ0v) is 12.5. The average molecular weight is 256 g/mol. The SMILES string of the molecule is CC.CCP(=O)(CC)c1cc(N)ccc1NC. The Bertz CT molecular complexity index is 383. The van der Waals surface area contributed by atoms with Crippen LogP contribution in [0.25, 0.3) is 0 Å². The molecule has 1 aromatic carbocycles. The van der Waals surface area contributed by atoms with Gasteiger partial charge in [0.1, 0.15) is 7.14 Å². The third-order valence-corrected chi connectivity index (χ3v) is 6.04. The number of anilines is 2. The molecule has 0 heterocycles. The normalized spacial score (nSPS) is 10.4. The van der Waals surface area contributed by atoms with Gasteiger partial charge in [0.05, 0.1) is 0 Å². The third-order valence-electron chi connectivity index (χ3n) is 2.75. The van der Waals surface area contributed by atoms with Gasteiger partial charge >= 0.3 is 0 Å². The lowest BCUT2D eigenvalue weighted by Crippen LogP contribution is -2.14. The first-order valence-electron chi connectivity index (χ1n) is 6.23. The molecule has 4 heteroatoms. The Kier molecular flexibility index (Phi) is 6.98. The Balaban J connectivity index is 0.00000121. The minimum absolute atomic E-state index is 0.672. The molecule has 1 rings (SSSR count). The van der Waals surface area contributed by atoms with Crippen molar-refractivity contribution < 1.29 is 4.57 Å². The summed E-state index contributed by atoms with van der Waals surface area (Å²) in [6.07, 6.45) is 1.36. The molecule has 0 radical (unpaired) electrons. The molecular formula is C13H25N2OP. The summed E-state index contributed by atoms with van der Waals surface area (Å²) in [5, 5.41) is 3.95. The van der Waals surface area contributed by atoms with Crippen LogP contribution in [-0.2, 0) is 4.57 Å². The number of benzene rings is 1. The van der Waals surface area contributed by atoms with Gasteiger partial charge in [-0.15, -0.1) is 0 Å². The summed E-state index contributed by atoms with van der Waals surface area (Å²) in [6, 6.07) is 5.55. The fraction of sp³-hybridized carbons (Fsp3) is 0.538. The smallest absolute Gasteiger partial charge is 0.117 e. The van der Waals surface area contributed by atoms with Crippen LogP contribution >= 0.6 is 7.14 Å². The minimum atomic E-state index is -2.26. The van der Waals surface area contributed by atoms with Crippen molar-refractivity contribution in [2.45, 2.75) is 27.7 Å².